The van der Waals surface area contributed by atoms with Crippen molar-refractivity contribution >= 4 is 17.5 Å². The van der Waals surface area contributed by atoms with Crippen molar-refractivity contribution in [1.82, 2.24) is 9.97 Å². The molecule has 0 radical (unpaired) electrons. The average Bonchev–Trinajstić information content (AvgIpc) is 3.40. The summed E-state index contributed by atoms with van der Waals surface area (Å²) in [5.41, 5.74) is 0.981. The zero-order chi connectivity index (χ0) is 17.8. The minimum absolute atomic E-state index is 0.0925. The van der Waals surface area contributed by atoms with Crippen molar-refractivity contribution in [3.63, 3.8) is 0 Å². The molecule has 1 aromatic heterocycles. The molecule has 25 heavy (non-hydrogen) atoms. The zero-order valence-electron chi connectivity index (χ0n) is 14.3. The van der Waals surface area contributed by atoms with E-state index in [1.54, 1.807) is 0 Å². The van der Waals surface area contributed by atoms with Crippen molar-refractivity contribution in [1.29, 1.82) is 0 Å². The quantitative estimate of drug-likeness (QED) is 0.581. The predicted molar refractivity (Wildman–Crippen MR) is 95.0 cm³/mol. The molecule has 8 nitrogen and oxygen atoms in total. The molecule has 1 saturated carbocycles. The molecule has 3 rings (SSSR count). The SMILES string of the molecule is CCOc1ccc(CN(C)c2ncc([N+](=O)[O-])c(NC3CC3)n2)cc1. The van der Waals surface area contributed by atoms with Gasteiger partial charge in [0.2, 0.25) is 11.8 Å². The van der Waals surface area contributed by atoms with Crippen molar-refractivity contribution in [2.45, 2.75) is 32.4 Å². The molecule has 0 spiro atoms. The number of anilines is 2. The maximum absolute atomic E-state index is 11.1. The van der Waals surface area contributed by atoms with Gasteiger partial charge in [0.25, 0.3) is 0 Å². The Labute approximate surface area is 146 Å². The number of hydrogen-bond acceptors (Lipinski definition) is 7. The molecular formula is C17H21N5O3. The molecule has 1 aromatic carbocycles. The van der Waals surface area contributed by atoms with E-state index in [2.05, 4.69) is 15.3 Å². The third-order valence-electron chi connectivity index (χ3n) is 3.87. The standard InChI is InChI=1S/C17H21N5O3/c1-3-25-14-8-4-12(5-9-14)11-21(2)17-18-10-15(22(23)24)16(20-17)19-13-6-7-13/h4-5,8-10,13H,3,6-7,11H2,1-2H3,(H,18,19,20). The van der Waals surface area contributed by atoms with Gasteiger partial charge in [-0.05, 0) is 37.5 Å². The van der Waals surface area contributed by atoms with E-state index in [9.17, 15) is 10.1 Å². The van der Waals surface area contributed by atoms with Crippen LogP contribution in [0.1, 0.15) is 25.3 Å². The molecule has 0 aliphatic heterocycles. The number of nitro groups is 1. The summed E-state index contributed by atoms with van der Waals surface area (Å²) in [4.78, 5) is 21.0. The summed E-state index contributed by atoms with van der Waals surface area (Å²) in [6, 6.07) is 8.08. The van der Waals surface area contributed by atoms with Gasteiger partial charge in [0.05, 0.1) is 11.5 Å². The van der Waals surface area contributed by atoms with Crippen molar-refractivity contribution in [2.75, 3.05) is 23.9 Å². The highest BCUT2D eigenvalue weighted by atomic mass is 16.6. The van der Waals surface area contributed by atoms with Crippen LogP contribution in [-0.2, 0) is 6.54 Å². The Kier molecular flexibility index (Phi) is 4.97. The highest BCUT2D eigenvalue weighted by molar-refractivity contribution is 5.58. The van der Waals surface area contributed by atoms with Gasteiger partial charge < -0.3 is 15.0 Å². The summed E-state index contributed by atoms with van der Waals surface area (Å²) in [7, 11) is 1.86. The van der Waals surface area contributed by atoms with Gasteiger partial charge in [-0.1, -0.05) is 12.1 Å². The molecule has 0 atom stereocenters. The van der Waals surface area contributed by atoms with Crippen LogP contribution in [0.5, 0.6) is 5.75 Å². The minimum atomic E-state index is -0.457. The van der Waals surface area contributed by atoms with Crippen LogP contribution in [0, 0.1) is 10.1 Å². The number of benzene rings is 1. The second-order valence-corrected chi connectivity index (χ2v) is 6.01. The summed E-state index contributed by atoms with van der Waals surface area (Å²) in [5.74, 6) is 1.56. The van der Waals surface area contributed by atoms with E-state index in [1.165, 1.54) is 6.20 Å². The summed E-state index contributed by atoms with van der Waals surface area (Å²) in [6.07, 6.45) is 3.29. The van der Waals surface area contributed by atoms with Crippen LogP contribution in [0.2, 0.25) is 0 Å². The van der Waals surface area contributed by atoms with Gasteiger partial charge in [0.15, 0.2) is 0 Å². The summed E-state index contributed by atoms with van der Waals surface area (Å²) >= 11 is 0. The molecule has 132 valence electrons. The molecule has 0 unspecified atom stereocenters. The third-order valence-corrected chi connectivity index (χ3v) is 3.87. The Morgan fingerprint density at radius 1 is 1.36 bits per heavy atom. The van der Waals surface area contributed by atoms with E-state index < -0.39 is 4.92 Å². The Morgan fingerprint density at radius 3 is 2.68 bits per heavy atom. The molecule has 0 saturated heterocycles. The van der Waals surface area contributed by atoms with Crippen molar-refractivity contribution in [3.05, 3.63) is 46.1 Å². The molecule has 1 aliphatic carbocycles. The van der Waals surface area contributed by atoms with Gasteiger partial charge in [0.1, 0.15) is 11.9 Å². The number of nitrogens with one attached hydrogen (secondary N) is 1. The van der Waals surface area contributed by atoms with Crippen LogP contribution >= 0.6 is 0 Å². The lowest BCUT2D eigenvalue weighted by molar-refractivity contribution is -0.384. The third kappa shape index (κ3) is 4.34. The number of aromatic nitrogens is 2. The number of hydrogen-bond donors (Lipinski definition) is 1. The fourth-order valence-electron chi connectivity index (χ4n) is 2.41. The normalized spacial score (nSPS) is 13.4. The van der Waals surface area contributed by atoms with E-state index >= 15 is 0 Å². The van der Waals surface area contributed by atoms with Crippen LogP contribution in [-0.4, -0.2) is 34.6 Å². The van der Waals surface area contributed by atoms with Crippen molar-refractivity contribution in [2.24, 2.45) is 0 Å². The second kappa shape index (κ2) is 7.33. The minimum Gasteiger partial charge on any atom is -0.494 e. The first-order chi connectivity index (χ1) is 12.1. The maximum atomic E-state index is 11.1. The predicted octanol–water partition coefficient (Wildman–Crippen LogP) is 2.99. The summed E-state index contributed by atoms with van der Waals surface area (Å²) in [6.45, 7) is 3.17. The lowest BCUT2D eigenvalue weighted by Gasteiger charge is -2.18. The lowest BCUT2D eigenvalue weighted by Crippen LogP contribution is -2.20. The highest BCUT2D eigenvalue weighted by Crippen LogP contribution is 2.30. The fourth-order valence-corrected chi connectivity index (χ4v) is 2.41. The molecular weight excluding hydrogens is 322 g/mol. The Morgan fingerprint density at radius 2 is 2.08 bits per heavy atom. The average molecular weight is 343 g/mol. The molecule has 1 heterocycles. The molecule has 0 bridgehead atoms. The van der Waals surface area contributed by atoms with Gasteiger partial charge in [-0.3, -0.25) is 10.1 Å². The monoisotopic (exact) mass is 343 g/mol. The number of ether oxygens (including phenoxy) is 1. The molecule has 1 fully saturated rings. The fraction of sp³-hybridized carbons (Fsp3) is 0.412. The van der Waals surface area contributed by atoms with Gasteiger partial charge in [-0.2, -0.15) is 4.98 Å². The van der Waals surface area contributed by atoms with E-state index in [0.29, 0.717) is 19.1 Å². The van der Waals surface area contributed by atoms with Crippen molar-refractivity contribution in [3.8, 4) is 5.75 Å². The van der Waals surface area contributed by atoms with E-state index in [4.69, 9.17) is 4.74 Å². The van der Waals surface area contributed by atoms with E-state index in [-0.39, 0.29) is 17.5 Å². The Bertz CT molecular complexity index is 746. The van der Waals surface area contributed by atoms with Crippen LogP contribution in [0.15, 0.2) is 30.5 Å². The molecule has 0 amide bonds. The molecule has 1 aliphatic rings. The largest absolute Gasteiger partial charge is 0.494 e. The first-order valence-corrected chi connectivity index (χ1v) is 8.27. The first kappa shape index (κ1) is 16.9. The van der Waals surface area contributed by atoms with Crippen LogP contribution in [0.25, 0.3) is 0 Å². The molecule has 8 heteroatoms. The Hall–Kier alpha value is -2.90. The van der Waals surface area contributed by atoms with E-state index in [0.717, 1.165) is 24.2 Å². The second-order valence-electron chi connectivity index (χ2n) is 6.01. The molecule has 1 N–H and O–H groups in total. The van der Waals surface area contributed by atoms with E-state index in [1.807, 2.05) is 43.1 Å². The van der Waals surface area contributed by atoms with Gasteiger partial charge in [-0.25, -0.2) is 4.98 Å². The van der Waals surface area contributed by atoms with Gasteiger partial charge in [-0.15, -0.1) is 0 Å². The van der Waals surface area contributed by atoms with Gasteiger partial charge >= 0.3 is 5.69 Å². The number of nitrogens with zero attached hydrogens (tertiary/aromatic N) is 4. The highest BCUT2D eigenvalue weighted by Gasteiger charge is 2.27. The van der Waals surface area contributed by atoms with Crippen LogP contribution < -0.4 is 15.0 Å². The Balaban J connectivity index is 1.74. The topological polar surface area (TPSA) is 93.4 Å². The first-order valence-electron chi connectivity index (χ1n) is 8.27. The van der Waals surface area contributed by atoms with Crippen LogP contribution in [0.3, 0.4) is 0 Å². The maximum Gasteiger partial charge on any atom is 0.329 e. The zero-order valence-corrected chi connectivity index (χ0v) is 14.3. The van der Waals surface area contributed by atoms with Gasteiger partial charge in [0, 0.05) is 19.6 Å². The molecule has 2 aromatic rings. The summed E-state index contributed by atoms with van der Waals surface area (Å²) in [5, 5.41) is 14.3. The number of rotatable bonds is 8. The van der Waals surface area contributed by atoms with Crippen molar-refractivity contribution < 1.29 is 9.66 Å². The smallest absolute Gasteiger partial charge is 0.329 e. The summed E-state index contributed by atoms with van der Waals surface area (Å²) < 4.78 is 5.43. The lowest BCUT2D eigenvalue weighted by atomic mass is 10.2. The van der Waals surface area contributed by atoms with Crippen LogP contribution in [0.4, 0.5) is 17.5 Å².